The summed E-state index contributed by atoms with van der Waals surface area (Å²) in [6, 6.07) is 14.2. The number of carbonyl (C=O) groups is 3. The minimum atomic E-state index is -0.911. The lowest BCUT2D eigenvalue weighted by Gasteiger charge is -2.16. The van der Waals surface area contributed by atoms with Gasteiger partial charge in [0.05, 0.1) is 5.56 Å². The number of nitrogens with zero attached hydrogens (tertiary/aromatic N) is 1. The summed E-state index contributed by atoms with van der Waals surface area (Å²) in [5, 5.41) is 0.801. The summed E-state index contributed by atoms with van der Waals surface area (Å²) < 4.78 is 5.37. The first kappa shape index (κ1) is 18.0. The SMILES string of the molecule is CC(OC(=O)c1ccc(N2CCCC2=O)cc1)C(=O)c1c[nH]c2ccccc12. The van der Waals surface area contributed by atoms with E-state index in [4.69, 9.17) is 4.74 Å². The lowest BCUT2D eigenvalue weighted by Crippen LogP contribution is -2.25. The molecule has 1 aliphatic rings. The van der Waals surface area contributed by atoms with Crippen molar-refractivity contribution in [3.05, 3.63) is 65.9 Å². The molecule has 0 aliphatic carbocycles. The zero-order valence-corrected chi connectivity index (χ0v) is 15.5. The van der Waals surface area contributed by atoms with Gasteiger partial charge in [-0.2, -0.15) is 0 Å². The Morgan fingerprint density at radius 1 is 1.11 bits per heavy atom. The zero-order valence-electron chi connectivity index (χ0n) is 15.5. The second-order valence-electron chi connectivity index (χ2n) is 6.86. The number of esters is 1. The average Bonchev–Trinajstić information content (AvgIpc) is 3.33. The minimum absolute atomic E-state index is 0.0910. The van der Waals surface area contributed by atoms with Crippen LogP contribution in [0.1, 0.15) is 40.5 Å². The van der Waals surface area contributed by atoms with Gasteiger partial charge >= 0.3 is 5.97 Å². The minimum Gasteiger partial charge on any atom is -0.451 e. The van der Waals surface area contributed by atoms with Crippen molar-refractivity contribution in [1.82, 2.24) is 4.98 Å². The van der Waals surface area contributed by atoms with Crippen LogP contribution in [0.15, 0.2) is 54.7 Å². The molecular weight excluding hydrogens is 356 g/mol. The third-order valence-corrected chi connectivity index (χ3v) is 5.00. The number of fused-ring (bicyclic) bond motifs is 1. The van der Waals surface area contributed by atoms with E-state index in [0.717, 1.165) is 23.0 Å². The van der Waals surface area contributed by atoms with Gasteiger partial charge in [0.25, 0.3) is 0 Å². The van der Waals surface area contributed by atoms with Crippen LogP contribution < -0.4 is 4.90 Å². The first-order valence-corrected chi connectivity index (χ1v) is 9.26. The monoisotopic (exact) mass is 376 g/mol. The maximum atomic E-state index is 12.7. The van der Waals surface area contributed by atoms with Crippen LogP contribution in [0.25, 0.3) is 10.9 Å². The van der Waals surface area contributed by atoms with Gasteiger partial charge in [-0.25, -0.2) is 4.79 Å². The number of rotatable bonds is 5. The van der Waals surface area contributed by atoms with Gasteiger partial charge in [-0.1, -0.05) is 18.2 Å². The molecule has 1 fully saturated rings. The van der Waals surface area contributed by atoms with Crippen molar-refractivity contribution in [3.63, 3.8) is 0 Å². The quantitative estimate of drug-likeness (QED) is 0.544. The van der Waals surface area contributed by atoms with Crippen LogP contribution >= 0.6 is 0 Å². The van der Waals surface area contributed by atoms with Crippen molar-refractivity contribution in [1.29, 1.82) is 0 Å². The maximum Gasteiger partial charge on any atom is 0.338 e. The van der Waals surface area contributed by atoms with Crippen molar-refractivity contribution in [2.24, 2.45) is 0 Å². The Morgan fingerprint density at radius 2 is 1.86 bits per heavy atom. The number of hydrogen-bond donors (Lipinski definition) is 1. The highest BCUT2D eigenvalue weighted by atomic mass is 16.5. The summed E-state index contributed by atoms with van der Waals surface area (Å²) in [7, 11) is 0. The van der Waals surface area contributed by atoms with E-state index in [-0.39, 0.29) is 11.7 Å². The van der Waals surface area contributed by atoms with E-state index in [2.05, 4.69) is 4.98 Å². The van der Waals surface area contributed by atoms with Gasteiger partial charge in [0, 0.05) is 41.3 Å². The third kappa shape index (κ3) is 3.29. The van der Waals surface area contributed by atoms with Crippen LogP contribution in [-0.2, 0) is 9.53 Å². The molecule has 1 atom stereocenters. The summed E-state index contributed by atoms with van der Waals surface area (Å²) in [6.07, 6.45) is 2.12. The van der Waals surface area contributed by atoms with E-state index >= 15 is 0 Å². The summed E-state index contributed by atoms with van der Waals surface area (Å²) in [5.74, 6) is -0.738. The third-order valence-electron chi connectivity index (χ3n) is 5.00. The maximum absolute atomic E-state index is 12.7. The van der Waals surface area contributed by atoms with E-state index in [1.165, 1.54) is 0 Å². The van der Waals surface area contributed by atoms with Crippen LogP contribution in [0, 0.1) is 0 Å². The first-order chi connectivity index (χ1) is 13.5. The number of H-pyrrole nitrogens is 1. The number of aromatic amines is 1. The molecule has 2 aromatic carbocycles. The average molecular weight is 376 g/mol. The molecule has 0 spiro atoms. The lowest BCUT2D eigenvalue weighted by atomic mass is 10.1. The number of carbonyl (C=O) groups excluding carboxylic acids is 3. The molecule has 0 radical (unpaired) electrons. The number of para-hydroxylation sites is 1. The van der Waals surface area contributed by atoms with Gasteiger partial charge in [0.15, 0.2) is 6.10 Å². The standard InChI is InChI=1S/C22H20N2O4/c1-14(21(26)18-13-23-19-6-3-2-5-17(18)19)28-22(27)15-8-10-16(11-9-15)24-12-4-7-20(24)25/h2-3,5-6,8-11,13-14,23H,4,7,12H2,1H3. The molecule has 1 aliphatic heterocycles. The Hall–Kier alpha value is -3.41. The number of ketones is 1. The molecule has 1 amide bonds. The van der Waals surface area contributed by atoms with Crippen LogP contribution in [0.3, 0.4) is 0 Å². The highest BCUT2D eigenvalue weighted by molar-refractivity contribution is 6.10. The Kier molecular flexibility index (Phi) is 4.69. The molecule has 28 heavy (non-hydrogen) atoms. The fourth-order valence-electron chi connectivity index (χ4n) is 3.48. The molecular formula is C22H20N2O4. The Balaban J connectivity index is 1.45. The number of Topliss-reactive ketones (excluding diaryl/α,β-unsaturated/α-hetero) is 1. The van der Waals surface area contributed by atoms with Gasteiger partial charge in [0.2, 0.25) is 11.7 Å². The number of nitrogens with one attached hydrogen (secondary N) is 1. The smallest absolute Gasteiger partial charge is 0.338 e. The zero-order chi connectivity index (χ0) is 19.7. The van der Waals surface area contributed by atoms with Gasteiger partial charge in [0.1, 0.15) is 0 Å². The number of hydrogen-bond acceptors (Lipinski definition) is 4. The molecule has 2 heterocycles. The molecule has 142 valence electrons. The predicted molar refractivity (Wildman–Crippen MR) is 106 cm³/mol. The number of ether oxygens (including phenoxy) is 1. The molecule has 1 unspecified atom stereocenters. The second kappa shape index (κ2) is 7.31. The van der Waals surface area contributed by atoms with E-state index in [1.807, 2.05) is 24.3 Å². The van der Waals surface area contributed by atoms with Crippen LogP contribution in [0.2, 0.25) is 0 Å². The van der Waals surface area contributed by atoms with Crippen molar-refractivity contribution in [3.8, 4) is 0 Å². The normalized spacial score (nSPS) is 15.0. The van der Waals surface area contributed by atoms with Gasteiger partial charge in [-0.15, -0.1) is 0 Å². The summed E-state index contributed by atoms with van der Waals surface area (Å²) in [4.78, 5) is 41.7. The number of benzene rings is 2. The molecule has 4 rings (SSSR count). The van der Waals surface area contributed by atoms with E-state index in [0.29, 0.717) is 24.1 Å². The van der Waals surface area contributed by atoms with Crippen LogP contribution in [0.5, 0.6) is 0 Å². The largest absolute Gasteiger partial charge is 0.451 e. The molecule has 1 saturated heterocycles. The number of anilines is 1. The van der Waals surface area contributed by atoms with Crippen LogP contribution in [-0.4, -0.2) is 35.3 Å². The van der Waals surface area contributed by atoms with E-state index < -0.39 is 12.1 Å². The summed E-state index contributed by atoms with van der Waals surface area (Å²) in [6.45, 7) is 2.26. The summed E-state index contributed by atoms with van der Waals surface area (Å²) >= 11 is 0. The first-order valence-electron chi connectivity index (χ1n) is 9.26. The van der Waals surface area contributed by atoms with Crippen molar-refractivity contribution in [2.45, 2.75) is 25.9 Å². The topological polar surface area (TPSA) is 79.5 Å². The molecule has 1 aromatic heterocycles. The van der Waals surface area contributed by atoms with Crippen molar-refractivity contribution < 1.29 is 19.1 Å². The van der Waals surface area contributed by atoms with Crippen molar-refractivity contribution in [2.75, 3.05) is 11.4 Å². The van der Waals surface area contributed by atoms with E-state index in [1.54, 1.807) is 42.3 Å². The van der Waals surface area contributed by atoms with Gasteiger partial charge < -0.3 is 14.6 Å². The van der Waals surface area contributed by atoms with Gasteiger partial charge in [-0.05, 0) is 43.7 Å². The van der Waals surface area contributed by atoms with Crippen LogP contribution in [0.4, 0.5) is 5.69 Å². The Bertz CT molecular complexity index is 1050. The Morgan fingerprint density at radius 3 is 2.57 bits per heavy atom. The molecule has 6 nitrogen and oxygen atoms in total. The highest BCUT2D eigenvalue weighted by Crippen LogP contribution is 2.23. The molecule has 3 aromatic rings. The van der Waals surface area contributed by atoms with E-state index in [9.17, 15) is 14.4 Å². The fourth-order valence-corrected chi connectivity index (χ4v) is 3.48. The Labute approximate surface area is 162 Å². The molecule has 1 N–H and O–H groups in total. The fraction of sp³-hybridized carbons (Fsp3) is 0.227. The lowest BCUT2D eigenvalue weighted by molar-refractivity contribution is -0.117. The second-order valence-corrected chi connectivity index (χ2v) is 6.86. The number of aromatic nitrogens is 1. The number of amides is 1. The summed E-state index contributed by atoms with van der Waals surface area (Å²) in [5.41, 5.74) is 2.46. The predicted octanol–water partition coefficient (Wildman–Crippen LogP) is 3.72. The highest BCUT2D eigenvalue weighted by Gasteiger charge is 2.24. The van der Waals surface area contributed by atoms with Crippen molar-refractivity contribution >= 4 is 34.3 Å². The van der Waals surface area contributed by atoms with Gasteiger partial charge in [-0.3, -0.25) is 9.59 Å². The molecule has 0 bridgehead atoms. The molecule has 0 saturated carbocycles. The molecule has 6 heteroatoms.